The van der Waals surface area contributed by atoms with Gasteiger partial charge in [-0.1, -0.05) is 66.2 Å². The summed E-state index contributed by atoms with van der Waals surface area (Å²) < 4.78 is 5.28. The number of aromatic nitrogens is 1. The van der Waals surface area contributed by atoms with Crippen molar-refractivity contribution >= 4 is 16.9 Å². The number of hydrogen-bond donors (Lipinski definition) is 1. The van der Waals surface area contributed by atoms with Crippen LogP contribution >= 0.6 is 0 Å². The molecule has 0 fully saturated rings. The van der Waals surface area contributed by atoms with Crippen molar-refractivity contribution in [2.75, 3.05) is 6.61 Å². The quantitative estimate of drug-likeness (QED) is 0.457. The van der Waals surface area contributed by atoms with Crippen molar-refractivity contribution < 1.29 is 9.53 Å². The Morgan fingerprint density at radius 3 is 2.30 bits per heavy atom. The molecule has 3 nitrogen and oxygen atoms in total. The van der Waals surface area contributed by atoms with Crippen LogP contribution in [0.2, 0.25) is 0 Å². The number of benzene rings is 3. The molecule has 0 aliphatic carbocycles. The van der Waals surface area contributed by atoms with Gasteiger partial charge < -0.3 is 9.72 Å². The first-order valence-corrected chi connectivity index (χ1v) is 9.12. The topological polar surface area (TPSA) is 42.1 Å². The van der Waals surface area contributed by atoms with Crippen molar-refractivity contribution in [2.24, 2.45) is 0 Å². The van der Waals surface area contributed by atoms with E-state index in [1.165, 1.54) is 5.56 Å². The number of hydrogen-bond acceptors (Lipinski definition) is 2. The SMILES string of the molecule is CCOC(=O)c1[nH]c2ccc(-c3ccc(C)cc3)cc2c1-c1ccccc1. The van der Waals surface area contributed by atoms with Crippen molar-refractivity contribution in [3.63, 3.8) is 0 Å². The first kappa shape index (κ1) is 17.1. The maximum absolute atomic E-state index is 12.5. The molecular formula is C24H21NO2. The predicted octanol–water partition coefficient (Wildman–Crippen LogP) is 5.99. The number of esters is 1. The minimum absolute atomic E-state index is 0.329. The summed E-state index contributed by atoms with van der Waals surface area (Å²) in [6.07, 6.45) is 0. The van der Waals surface area contributed by atoms with Crippen LogP contribution in [0, 0.1) is 6.92 Å². The van der Waals surface area contributed by atoms with Gasteiger partial charge in [-0.15, -0.1) is 0 Å². The summed E-state index contributed by atoms with van der Waals surface area (Å²) in [6.45, 7) is 4.24. The highest BCUT2D eigenvalue weighted by Gasteiger charge is 2.20. The number of carbonyl (C=O) groups is 1. The summed E-state index contributed by atoms with van der Waals surface area (Å²) >= 11 is 0. The van der Waals surface area contributed by atoms with Gasteiger partial charge in [0.2, 0.25) is 0 Å². The van der Waals surface area contributed by atoms with Crippen LogP contribution in [0.4, 0.5) is 0 Å². The number of nitrogens with one attached hydrogen (secondary N) is 1. The number of fused-ring (bicyclic) bond motifs is 1. The first-order valence-electron chi connectivity index (χ1n) is 9.12. The second-order valence-electron chi connectivity index (χ2n) is 6.59. The highest BCUT2D eigenvalue weighted by molar-refractivity contribution is 6.08. The molecular weight excluding hydrogens is 334 g/mol. The van der Waals surface area contributed by atoms with Gasteiger partial charge in [0.05, 0.1) is 6.61 Å². The molecule has 0 amide bonds. The highest BCUT2D eigenvalue weighted by Crippen LogP contribution is 2.35. The molecule has 1 heterocycles. The zero-order valence-corrected chi connectivity index (χ0v) is 15.5. The van der Waals surface area contributed by atoms with E-state index < -0.39 is 0 Å². The fraction of sp³-hybridized carbons (Fsp3) is 0.125. The third kappa shape index (κ3) is 3.24. The molecule has 1 aromatic heterocycles. The lowest BCUT2D eigenvalue weighted by Crippen LogP contribution is -2.06. The number of aromatic amines is 1. The van der Waals surface area contributed by atoms with E-state index in [-0.39, 0.29) is 5.97 Å². The van der Waals surface area contributed by atoms with E-state index in [1.807, 2.05) is 43.3 Å². The summed E-state index contributed by atoms with van der Waals surface area (Å²) in [4.78, 5) is 15.8. The molecule has 0 saturated carbocycles. The van der Waals surface area contributed by atoms with Crippen LogP contribution in [0.25, 0.3) is 33.2 Å². The first-order chi connectivity index (χ1) is 13.2. The molecule has 0 radical (unpaired) electrons. The maximum atomic E-state index is 12.5. The monoisotopic (exact) mass is 355 g/mol. The van der Waals surface area contributed by atoms with Gasteiger partial charge in [0, 0.05) is 16.5 Å². The van der Waals surface area contributed by atoms with Crippen LogP contribution in [0.5, 0.6) is 0 Å². The van der Waals surface area contributed by atoms with Crippen LogP contribution < -0.4 is 0 Å². The molecule has 134 valence electrons. The summed E-state index contributed by atoms with van der Waals surface area (Å²) in [5.41, 5.74) is 6.81. The standard InChI is InChI=1S/C24H21NO2/c1-3-27-24(26)23-22(18-7-5-4-6-8-18)20-15-19(13-14-21(20)25-23)17-11-9-16(2)10-12-17/h4-15,25H,3H2,1-2H3. The molecule has 27 heavy (non-hydrogen) atoms. The molecule has 0 aliphatic heterocycles. The Balaban J connectivity index is 1.94. The lowest BCUT2D eigenvalue weighted by molar-refractivity contribution is 0.0521. The minimum Gasteiger partial charge on any atom is -0.461 e. The van der Waals surface area contributed by atoms with Crippen molar-refractivity contribution in [3.8, 4) is 22.3 Å². The normalized spacial score (nSPS) is 10.9. The lowest BCUT2D eigenvalue weighted by Gasteiger charge is -2.06. The number of H-pyrrole nitrogens is 1. The van der Waals surface area contributed by atoms with Gasteiger partial charge in [-0.2, -0.15) is 0 Å². The van der Waals surface area contributed by atoms with E-state index in [4.69, 9.17) is 4.74 Å². The van der Waals surface area contributed by atoms with E-state index in [0.717, 1.165) is 33.2 Å². The van der Waals surface area contributed by atoms with Crippen LogP contribution in [0.1, 0.15) is 23.0 Å². The average Bonchev–Trinajstić information content (AvgIpc) is 3.08. The largest absolute Gasteiger partial charge is 0.461 e. The Labute approximate surface area is 158 Å². The third-order valence-electron chi connectivity index (χ3n) is 4.73. The number of carbonyl (C=O) groups excluding carboxylic acids is 1. The third-order valence-corrected chi connectivity index (χ3v) is 4.73. The molecule has 0 aliphatic rings. The van der Waals surface area contributed by atoms with Crippen LogP contribution in [-0.4, -0.2) is 17.6 Å². The fourth-order valence-corrected chi connectivity index (χ4v) is 3.38. The van der Waals surface area contributed by atoms with Gasteiger partial charge in [-0.25, -0.2) is 4.79 Å². The van der Waals surface area contributed by atoms with Gasteiger partial charge in [-0.05, 0) is 42.7 Å². The van der Waals surface area contributed by atoms with Crippen LogP contribution in [0.3, 0.4) is 0 Å². The second-order valence-corrected chi connectivity index (χ2v) is 6.59. The van der Waals surface area contributed by atoms with E-state index in [9.17, 15) is 4.79 Å². The van der Waals surface area contributed by atoms with Crippen molar-refractivity contribution in [2.45, 2.75) is 13.8 Å². The van der Waals surface area contributed by atoms with Crippen molar-refractivity contribution in [3.05, 3.63) is 84.1 Å². The van der Waals surface area contributed by atoms with Crippen LogP contribution in [-0.2, 0) is 4.74 Å². The summed E-state index contributed by atoms with van der Waals surface area (Å²) in [7, 11) is 0. The van der Waals surface area contributed by atoms with Crippen molar-refractivity contribution in [1.29, 1.82) is 0 Å². The molecule has 4 rings (SSSR count). The van der Waals surface area contributed by atoms with E-state index >= 15 is 0 Å². The Hall–Kier alpha value is -3.33. The molecule has 0 atom stereocenters. The van der Waals surface area contributed by atoms with Gasteiger partial charge in [0.25, 0.3) is 0 Å². The molecule has 0 unspecified atom stereocenters. The number of ether oxygens (including phenoxy) is 1. The summed E-state index contributed by atoms with van der Waals surface area (Å²) in [5.74, 6) is -0.329. The van der Waals surface area contributed by atoms with E-state index in [0.29, 0.717) is 12.3 Å². The number of aryl methyl sites for hydroxylation is 1. The van der Waals surface area contributed by atoms with Gasteiger partial charge in [0.1, 0.15) is 5.69 Å². The molecule has 0 spiro atoms. The molecule has 1 N–H and O–H groups in total. The zero-order chi connectivity index (χ0) is 18.8. The lowest BCUT2D eigenvalue weighted by atomic mass is 9.98. The summed E-state index contributed by atoms with van der Waals surface area (Å²) in [6, 6.07) is 24.7. The number of rotatable bonds is 4. The minimum atomic E-state index is -0.329. The maximum Gasteiger partial charge on any atom is 0.355 e. The van der Waals surface area contributed by atoms with E-state index in [2.05, 4.69) is 48.3 Å². The molecule has 4 aromatic rings. The van der Waals surface area contributed by atoms with Crippen molar-refractivity contribution in [1.82, 2.24) is 4.98 Å². The average molecular weight is 355 g/mol. The van der Waals surface area contributed by atoms with E-state index in [1.54, 1.807) is 0 Å². The highest BCUT2D eigenvalue weighted by atomic mass is 16.5. The Morgan fingerprint density at radius 1 is 0.889 bits per heavy atom. The molecule has 0 saturated heterocycles. The Morgan fingerprint density at radius 2 is 1.59 bits per heavy atom. The molecule has 3 heteroatoms. The van der Waals surface area contributed by atoms with Gasteiger partial charge in [0.15, 0.2) is 0 Å². The van der Waals surface area contributed by atoms with Gasteiger partial charge >= 0.3 is 5.97 Å². The summed E-state index contributed by atoms with van der Waals surface area (Å²) in [5, 5.41) is 1.02. The fourth-order valence-electron chi connectivity index (χ4n) is 3.38. The smallest absolute Gasteiger partial charge is 0.355 e. The Bertz CT molecular complexity index is 1090. The Kier molecular flexibility index (Phi) is 4.51. The predicted molar refractivity (Wildman–Crippen MR) is 110 cm³/mol. The van der Waals surface area contributed by atoms with Crippen LogP contribution in [0.15, 0.2) is 72.8 Å². The zero-order valence-electron chi connectivity index (χ0n) is 15.5. The van der Waals surface area contributed by atoms with Gasteiger partial charge in [-0.3, -0.25) is 0 Å². The second kappa shape index (κ2) is 7.12. The molecule has 3 aromatic carbocycles. The molecule has 0 bridgehead atoms.